The lowest BCUT2D eigenvalue weighted by Crippen LogP contribution is -2.61. The molecule has 1 aliphatic rings. The van der Waals surface area contributed by atoms with Gasteiger partial charge in [0, 0.05) is 11.1 Å². The van der Waals surface area contributed by atoms with Gasteiger partial charge < -0.3 is 0 Å². The van der Waals surface area contributed by atoms with E-state index in [0.29, 0.717) is 16.5 Å². The summed E-state index contributed by atoms with van der Waals surface area (Å²) in [5.74, 6) is 0.768. The molecule has 0 aliphatic carbocycles. The molecule has 1 saturated heterocycles. The first-order valence-corrected chi connectivity index (χ1v) is 7.25. The van der Waals surface area contributed by atoms with Crippen LogP contribution in [0.2, 0.25) is 0 Å². The molecule has 1 heteroatoms. The van der Waals surface area contributed by atoms with Crippen molar-refractivity contribution in [2.75, 3.05) is 7.05 Å². The fraction of sp³-hybridized carbons (Fsp3) is 1.00. The summed E-state index contributed by atoms with van der Waals surface area (Å²) < 4.78 is 0. The van der Waals surface area contributed by atoms with Gasteiger partial charge in [-0.3, -0.25) is 4.90 Å². The van der Waals surface area contributed by atoms with Gasteiger partial charge in [0.1, 0.15) is 0 Å². The molecule has 0 N–H and O–H groups in total. The molecule has 0 bridgehead atoms. The maximum absolute atomic E-state index is 2.56. The minimum atomic E-state index is 0.320. The Bertz CT molecular complexity index is 220. The van der Waals surface area contributed by atoms with E-state index in [1.165, 1.54) is 12.8 Å². The zero-order valence-corrected chi connectivity index (χ0v) is 13.9. The second-order valence-corrected chi connectivity index (χ2v) is 7.35. The Labute approximate surface area is 110 Å². The Hall–Kier alpha value is -0.0400. The molecule has 1 heterocycles. The van der Waals surface area contributed by atoms with Crippen LogP contribution in [-0.4, -0.2) is 23.0 Å². The van der Waals surface area contributed by atoms with E-state index in [1.807, 2.05) is 13.8 Å². The van der Waals surface area contributed by atoms with Gasteiger partial charge in [-0.2, -0.15) is 0 Å². The Morgan fingerprint density at radius 2 is 1.12 bits per heavy atom. The third-order valence-corrected chi connectivity index (χ3v) is 4.88. The standard InChI is InChI=1S/C14H29N.C2H6/c1-11(2)14(7)9-12(3,4)15(8)13(5,6)10-14;1-2/h11H,9-10H2,1-8H3;1-2H3. The summed E-state index contributed by atoms with van der Waals surface area (Å²) in [4.78, 5) is 2.56. The summed E-state index contributed by atoms with van der Waals surface area (Å²) in [5.41, 5.74) is 1.13. The lowest BCUT2D eigenvalue weighted by Gasteiger charge is -2.59. The number of hydrogen-bond donors (Lipinski definition) is 0. The third kappa shape index (κ3) is 3.47. The van der Waals surface area contributed by atoms with Crippen LogP contribution in [0, 0.1) is 11.3 Å². The van der Waals surface area contributed by atoms with E-state index in [-0.39, 0.29) is 0 Å². The van der Waals surface area contributed by atoms with Crippen LogP contribution in [0.1, 0.15) is 75.2 Å². The fourth-order valence-corrected chi connectivity index (χ4v) is 3.50. The second kappa shape index (κ2) is 5.30. The van der Waals surface area contributed by atoms with E-state index < -0.39 is 0 Å². The molecule has 1 fully saturated rings. The first-order chi connectivity index (χ1) is 7.51. The molecule has 0 aromatic heterocycles. The van der Waals surface area contributed by atoms with Crippen LogP contribution >= 0.6 is 0 Å². The van der Waals surface area contributed by atoms with Crippen LogP contribution in [0.4, 0.5) is 0 Å². The Balaban J connectivity index is 0.00000121. The molecule has 1 rings (SSSR count). The molecular weight excluding hydrogens is 206 g/mol. The molecule has 0 unspecified atom stereocenters. The average molecular weight is 241 g/mol. The predicted molar refractivity (Wildman–Crippen MR) is 79.4 cm³/mol. The van der Waals surface area contributed by atoms with E-state index in [0.717, 1.165) is 5.92 Å². The van der Waals surface area contributed by atoms with E-state index in [9.17, 15) is 0 Å². The molecule has 104 valence electrons. The Morgan fingerprint density at radius 1 is 0.824 bits per heavy atom. The highest BCUT2D eigenvalue weighted by atomic mass is 15.2. The smallest absolute Gasteiger partial charge is 0.0160 e. The van der Waals surface area contributed by atoms with Gasteiger partial charge in [0.2, 0.25) is 0 Å². The van der Waals surface area contributed by atoms with Crippen LogP contribution in [0.25, 0.3) is 0 Å². The number of nitrogens with zero attached hydrogens (tertiary/aromatic N) is 1. The highest BCUT2D eigenvalue weighted by molar-refractivity contribution is 5.03. The Morgan fingerprint density at radius 3 is 1.35 bits per heavy atom. The topological polar surface area (TPSA) is 3.24 Å². The van der Waals surface area contributed by atoms with Crippen molar-refractivity contribution < 1.29 is 0 Å². The first-order valence-electron chi connectivity index (χ1n) is 7.25. The molecule has 1 aliphatic heterocycles. The van der Waals surface area contributed by atoms with Gasteiger partial charge in [-0.15, -0.1) is 0 Å². The summed E-state index contributed by atoms with van der Waals surface area (Å²) in [7, 11) is 2.28. The van der Waals surface area contributed by atoms with Gasteiger partial charge in [0.05, 0.1) is 0 Å². The Kier molecular flexibility index (Phi) is 5.29. The number of piperidine rings is 1. The highest BCUT2D eigenvalue weighted by Gasteiger charge is 2.49. The van der Waals surface area contributed by atoms with Crippen LogP contribution < -0.4 is 0 Å². The molecule has 0 amide bonds. The summed E-state index contributed by atoms with van der Waals surface area (Å²) in [5, 5.41) is 0. The van der Waals surface area contributed by atoms with Gasteiger partial charge in [-0.05, 0) is 58.9 Å². The average Bonchev–Trinajstić information content (AvgIpc) is 2.16. The number of likely N-dealkylation sites (tertiary alicyclic amines) is 1. The van der Waals surface area contributed by atoms with Crippen LogP contribution in [0.3, 0.4) is 0 Å². The molecule has 0 aromatic rings. The van der Waals surface area contributed by atoms with Crippen LogP contribution in [0.15, 0.2) is 0 Å². The minimum Gasteiger partial charge on any atom is -0.296 e. The van der Waals surface area contributed by atoms with Crippen LogP contribution in [0.5, 0.6) is 0 Å². The lowest BCUT2D eigenvalue weighted by atomic mass is 9.61. The fourth-order valence-electron chi connectivity index (χ4n) is 3.50. The second-order valence-electron chi connectivity index (χ2n) is 7.35. The van der Waals surface area contributed by atoms with Gasteiger partial charge in [0.15, 0.2) is 0 Å². The van der Waals surface area contributed by atoms with Gasteiger partial charge in [0.25, 0.3) is 0 Å². The minimum absolute atomic E-state index is 0.320. The quantitative estimate of drug-likeness (QED) is 0.627. The van der Waals surface area contributed by atoms with Crippen molar-refractivity contribution in [1.29, 1.82) is 0 Å². The maximum atomic E-state index is 2.56. The third-order valence-electron chi connectivity index (χ3n) is 4.88. The van der Waals surface area contributed by atoms with Crippen molar-refractivity contribution in [3.8, 4) is 0 Å². The largest absolute Gasteiger partial charge is 0.296 e. The molecule has 1 nitrogen and oxygen atoms in total. The van der Waals surface area contributed by atoms with E-state index in [2.05, 4.69) is 60.4 Å². The van der Waals surface area contributed by atoms with Gasteiger partial charge >= 0.3 is 0 Å². The summed E-state index contributed by atoms with van der Waals surface area (Å²) in [6.07, 6.45) is 2.61. The van der Waals surface area contributed by atoms with Crippen molar-refractivity contribution in [1.82, 2.24) is 4.90 Å². The summed E-state index contributed by atoms with van der Waals surface area (Å²) in [6.45, 7) is 20.7. The van der Waals surface area contributed by atoms with Crippen LogP contribution in [-0.2, 0) is 0 Å². The summed E-state index contributed by atoms with van der Waals surface area (Å²) in [6, 6.07) is 0. The van der Waals surface area contributed by atoms with E-state index >= 15 is 0 Å². The molecule has 0 atom stereocenters. The van der Waals surface area contributed by atoms with Gasteiger partial charge in [-0.25, -0.2) is 0 Å². The molecule has 0 radical (unpaired) electrons. The van der Waals surface area contributed by atoms with Crippen molar-refractivity contribution in [2.45, 2.75) is 86.2 Å². The van der Waals surface area contributed by atoms with Crippen molar-refractivity contribution in [3.63, 3.8) is 0 Å². The molecule has 0 spiro atoms. The molecular formula is C16H35N. The molecule has 0 saturated carbocycles. The highest BCUT2D eigenvalue weighted by Crippen LogP contribution is 2.50. The number of rotatable bonds is 1. The first kappa shape index (κ1) is 17.0. The lowest BCUT2D eigenvalue weighted by molar-refractivity contribution is -0.0820. The zero-order valence-electron chi connectivity index (χ0n) is 13.9. The molecule has 0 aromatic carbocycles. The predicted octanol–water partition coefficient (Wildman–Crippen LogP) is 4.96. The van der Waals surface area contributed by atoms with E-state index in [4.69, 9.17) is 0 Å². The van der Waals surface area contributed by atoms with Crippen molar-refractivity contribution >= 4 is 0 Å². The van der Waals surface area contributed by atoms with Crippen molar-refractivity contribution in [3.05, 3.63) is 0 Å². The number of hydrogen-bond acceptors (Lipinski definition) is 1. The van der Waals surface area contributed by atoms with E-state index in [1.54, 1.807) is 0 Å². The zero-order chi connectivity index (χ0) is 14.1. The SMILES string of the molecule is CC.CC(C)C1(C)CC(C)(C)N(C)C(C)(C)C1. The maximum Gasteiger partial charge on any atom is 0.0160 e. The van der Waals surface area contributed by atoms with Gasteiger partial charge in [-0.1, -0.05) is 34.6 Å². The normalized spacial score (nSPS) is 26.3. The monoisotopic (exact) mass is 241 g/mol. The molecule has 17 heavy (non-hydrogen) atoms. The van der Waals surface area contributed by atoms with Crippen molar-refractivity contribution in [2.24, 2.45) is 11.3 Å². The summed E-state index contributed by atoms with van der Waals surface area (Å²) >= 11 is 0.